The van der Waals surface area contributed by atoms with Gasteiger partial charge in [0.05, 0.1) is 22.7 Å². The fourth-order valence-electron chi connectivity index (χ4n) is 8.67. The molecule has 2 aliphatic heterocycles. The molecule has 0 atom stereocenters. The predicted octanol–water partition coefficient (Wildman–Crippen LogP) is 12.8. The molecule has 0 unspecified atom stereocenters. The standard InChI is InChI=1S/C46H40N2/c1-29-30(2)34-28-44-40(46(5,6)38-22-14-16-24-42(38)48(44)32-19-11-8-12-20-32)26-36(34)35-25-39-43(27-33(29)35)47(31-17-9-7-10-18-31)41-23-15-13-21-37(41)45(39,3)4/h7-28H,1-6H3. The third-order valence-corrected chi connectivity index (χ3v) is 11.4. The Kier molecular flexibility index (Phi) is 6.06. The van der Waals surface area contributed by atoms with Crippen molar-refractivity contribution in [2.75, 3.05) is 9.80 Å². The lowest BCUT2D eigenvalue weighted by Crippen LogP contribution is -2.31. The highest BCUT2D eigenvalue weighted by Crippen LogP contribution is 2.56. The largest absolute Gasteiger partial charge is 0.310 e. The van der Waals surface area contributed by atoms with Crippen LogP contribution in [0.5, 0.6) is 0 Å². The van der Waals surface area contributed by atoms with Crippen molar-refractivity contribution >= 4 is 55.7 Å². The van der Waals surface area contributed by atoms with Crippen molar-refractivity contribution in [3.8, 4) is 0 Å². The molecule has 0 aromatic heterocycles. The van der Waals surface area contributed by atoms with Crippen LogP contribution in [0, 0.1) is 13.8 Å². The summed E-state index contributed by atoms with van der Waals surface area (Å²) >= 11 is 0. The summed E-state index contributed by atoms with van der Waals surface area (Å²) in [5.41, 5.74) is 15.2. The summed E-state index contributed by atoms with van der Waals surface area (Å²) in [4.78, 5) is 4.94. The topological polar surface area (TPSA) is 6.48 Å². The molecule has 2 aliphatic rings. The Morgan fingerprint density at radius 1 is 0.354 bits per heavy atom. The van der Waals surface area contributed by atoms with Gasteiger partial charge in [-0.25, -0.2) is 0 Å². The molecule has 0 radical (unpaired) electrons. The summed E-state index contributed by atoms with van der Waals surface area (Å²) in [6, 6.07) is 49.6. The van der Waals surface area contributed by atoms with Gasteiger partial charge in [0.1, 0.15) is 0 Å². The maximum absolute atomic E-state index is 2.52. The van der Waals surface area contributed by atoms with Crippen LogP contribution in [-0.2, 0) is 10.8 Å². The SMILES string of the molecule is Cc1c(C)c2cc3c(cc2c2cc4c(cc12)N(c1ccccc1)c1ccccc1C4(C)C)C(C)(C)c1ccccc1N3c1ccccc1. The van der Waals surface area contributed by atoms with Gasteiger partial charge in [0, 0.05) is 22.2 Å². The molecule has 0 saturated heterocycles. The maximum atomic E-state index is 2.52. The Labute approximate surface area is 283 Å². The second-order valence-corrected chi connectivity index (χ2v) is 14.7. The van der Waals surface area contributed by atoms with Crippen LogP contribution >= 0.6 is 0 Å². The molecule has 9 rings (SSSR count). The van der Waals surface area contributed by atoms with E-state index in [4.69, 9.17) is 0 Å². The first-order chi connectivity index (χ1) is 23.2. The van der Waals surface area contributed by atoms with Crippen LogP contribution in [0.3, 0.4) is 0 Å². The highest BCUT2D eigenvalue weighted by atomic mass is 15.2. The number of rotatable bonds is 2. The van der Waals surface area contributed by atoms with Gasteiger partial charge in [0.15, 0.2) is 0 Å². The van der Waals surface area contributed by atoms with Gasteiger partial charge >= 0.3 is 0 Å². The van der Waals surface area contributed by atoms with E-state index in [2.05, 4.69) is 185 Å². The molecule has 2 heterocycles. The molecule has 2 nitrogen and oxygen atoms in total. The van der Waals surface area contributed by atoms with E-state index in [-0.39, 0.29) is 10.8 Å². The summed E-state index contributed by atoms with van der Waals surface area (Å²) in [7, 11) is 0. The Bertz CT molecular complexity index is 2250. The van der Waals surface area contributed by atoms with E-state index in [0.29, 0.717) is 0 Å². The summed E-state index contributed by atoms with van der Waals surface area (Å²) in [6.07, 6.45) is 0. The van der Waals surface area contributed by atoms with Gasteiger partial charge in [0.2, 0.25) is 0 Å². The lowest BCUT2D eigenvalue weighted by Gasteiger charge is -2.43. The number of nitrogens with zero attached hydrogens (tertiary/aromatic N) is 2. The normalized spacial score (nSPS) is 15.5. The molecule has 0 aliphatic carbocycles. The van der Waals surface area contributed by atoms with Crippen LogP contribution in [0.25, 0.3) is 21.5 Å². The summed E-state index contributed by atoms with van der Waals surface area (Å²) in [5.74, 6) is 0. The van der Waals surface area contributed by atoms with Crippen molar-refractivity contribution in [1.29, 1.82) is 0 Å². The van der Waals surface area contributed by atoms with E-state index in [1.165, 1.54) is 89.0 Å². The number of hydrogen-bond acceptors (Lipinski definition) is 2. The molecule has 2 heteroatoms. The van der Waals surface area contributed by atoms with E-state index >= 15 is 0 Å². The molecule has 0 N–H and O–H groups in total. The van der Waals surface area contributed by atoms with Gasteiger partial charge in [0.25, 0.3) is 0 Å². The molecule has 0 spiro atoms. The van der Waals surface area contributed by atoms with Crippen molar-refractivity contribution in [2.45, 2.75) is 52.4 Å². The molecule has 48 heavy (non-hydrogen) atoms. The number of benzene rings is 7. The van der Waals surface area contributed by atoms with E-state index in [1.54, 1.807) is 0 Å². The number of anilines is 6. The van der Waals surface area contributed by atoms with Crippen molar-refractivity contribution in [3.05, 3.63) is 167 Å². The van der Waals surface area contributed by atoms with Gasteiger partial charge in [-0.3, -0.25) is 0 Å². The van der Waals surface area contributed by atoms with Crippen molar-refractivity contribution in [1.82, 2.24) is 0 Å². The maximum Gasteiger partial charge on any atom is 0.0509 e. The summed E-state index contributed by atoms with van der Waals surface area (Å²) in [5, 5.41) is 5.31. The predicted molar refractivity (Wildman–Crippen MR) is 205 cm³/mol. The highest BCUT2D eigenvalue weighted by Gasteiger charge is 2.39. The van der Waals surface area contributed by atoms with E-state index < -0.39 is 0 Å². The third kappa shape index (κ3) is 3.86. The first-order valence-electron chi connectivity index (χ1n) is 17.1. The molecular formula is C46H40N2. The third-order valence-electron chi connectivity index (χ3n) is 11.4. The van der Waals surface area contributed by atoms with Crippen LogP contribution in [0.1, 0.15) is 61.1 Å². The second-order valence-electron chi connectivity index (χ2n) is 14.7. The molecule has 0 bridgehead atoms. The number of para-hydroxylation sites is 4. The Morgan fingerprint density at radius 3 is 1.10 bits per heavy atom. The van der Waals surface area contributed by atoms with Crippen LogP contribution in [0.2, 0.25) is 0 Å². The Hall–Kier alpha value is -5.34. The zero-order valence-electron chi connectivity index (χ0n) is 28.6. The monoisotopic (exact) mass is 620 g/mol. The van der Waals surface area contributed by atoms with Crippen LogP contribution in [0.15, 0.2) is 133 Å². The van der Waals surface area contributed by atoms with E-state index in [1.807, 2.05) is 0 Å². The van der Waals surface area contributed by atoms with Gasteiger partial charge in [-0.2, -0.15) is 0 Å². The Morgan fingerprint density at radius 2 is 0.708 bits per heavy atom. The molecular weight excluding hydrogens is 581 g/mol. The molecule has 7 aromatic rings. The van der Waals surface area contributed by atoms with Crippen LogP contribution < -0.4 is 9.80 Å². The minimum atomic E-state index is -0.174. The van der Waals surface area contributed by atoms with E-state index in [0.717, 1.165) is 0 Å². The molecule has 0 fully saturated rings. The second kappa shape index (κ2) is 10.1. The first-order valence-corrected chi connectivity index (χ1v) is 17.1. The van der Waals surface area contributed by atoms with Gasteiger partial charge in [-0.05, 0) is 129 Å². The summed E-state index contributed by atoms with van der Waals surface area (Å²) in [6.45, 7) is 14.2. The average Bonchev–Trinajstić information content (AvgIpc) is 3.11. The average molecular weight is 621 g/mol. The highest BCUT2D eigenvalue weighted by molar-refractivity contribution is 6.14. The molecule has 0 saturated carbocycles. The number of aryl methyl sites for hydroxylation is 2. The fraction of sp³-hybridized carbons (Fsp3) is 0.174. The van der Waals surface area contributed by atoms with Gasteiger partial charge in [-0.1, -0.05) is 100 Å². The number of hydrogen-bond donors (Lipinski definition) is 0. The van der Waals surface area contributed by atoms with Crippen molar-refractivity contribution < 1.29 is 0 Å². The Balaban J connectivity index is 1.38. The minimum absolute atomic E-state index is 0.174. The fourth-order valence-corrected chi connectivity index (χ4v) is 8.67. The van der Waals surface area contributed by atoms with Crippen molar-refractivity contribution in [3.63, 3.8) is 0 Å². The minimum Gasteiger partial charge on any atom is -0.310 e. The van der Waals surface area contributed by atoms with Gasteiger partial charge < -0.3 is 9.80 Å². The lowest BCUT2D eigenvalue weighted by molar-refractivity contribution is 0.632. The zero-order valence-corrected chi connectivity index (χ0v) is 28.6. The molecule has 0 amide bonds. The van der Waals surface area contributed by atoms with E-state index in [9.17, 15) is 0 Å². The summed E-state index contributed by atoms with van der Waals surface area (Å²) < 4.78 is 0. The molecule has 234 valence electrons. The van der Waals surface area contributed by atoms with Crippen molar-refractivity contribution in [2.24, 2.45) is 0 Å². The van der Waals surface area contributed by atoms with Crippen LogP contribution in [0.4, 0.5) is 34.1 Å². The quantitative estimate of drug-likeness (QED) is 0.177. The van der Waals surface area contributed by atoms with Crippen LogP contribution in [-0.4, -0.2) is 0 Å². The smallest absolute Gasteiger partial charge is 0.0509 e. The van der Waals surface area contributed by atoms with Gasteiger partial charge in [-0.15, -0.1) is 0 Å². The lowest BCUT2D eigenvalue weighted by atomic mass is 9.71. The first kappa shape index (κ1) is 28.8. The molecule has 7 aromatic carbocycles. The zero-order chi connectivity index (χ0) is 32.9. The number of fused-ring (bicyclic) bond motifs is 7.